The summed E-state index contributed by atoms with van der Waals surface area (Å²) in [6.45, 7) is 2.46. The van der Waals surface area contributed by atoms with Gasteiger partial charge in [0.15, 0.2) is 0 Å². The Morgan fingerprint density at radius 3 is 2.71 bits per heavy atom. The lowest BCUT2D eigenvalue weighted by Crippen LogP contribution is -2.33. The van der Waals surface area contributed by atoms with Crippen LogP contribution in [-0.2, 0) is 19.7 Å². The highest BCUT2D eigenvalue weighted by atomic mass is 16.3. The molecule has 0 aliphatic heterocycles. The summed E-state index contributed by atoms with van der Waals surface area (Å²) in [4.78, 5) is 25.6. The van der Waals surface area contributed by atoms with Crippen LogP contribution in [0.5, 0.6) is 0 Å². The average molecular weight is 290 g/mol. The van der Waals surface area contributed by atoms with Crippen molar-refractivity contribution in [2.24, 2.45) is 0 Å². The lowest BCUT2D eigenvalue weighted by atomic mass is 10.1. The van der Waals surface area contributed by atoms with Crippen LogP contribution in [0.4, 0.5) is 11.5 Å². The SMILES string of the molecule is CCn1c(N)c(NCc2cccc(CO)c2)c(=O)[nH]c1=O. The van der Waals surface area contributed by atoms with Crippen molar-refractivity contribution in [3.05, 3.63) is 56.2 Å². The van der Waals surface area contributed by atoms with Crippen molar-refractivity contribution in [2.75, 3.05) is 11.1 Å². The number of rotatable bonds is 5. The maximum atomic E-state index is 11.8. The molecule has 0 radical (unpaired) electrons. The van der Waals surface area contributed by atoms with E-state index < -0.39 is 11.2 Å². The molecule has 0 unspecified atom stereocenters. The molecule has 2 aromatic rings. The lowest BCUT2D eigenvalue weighted by molar-refractivity contribution is 0.281. The largest absolute Gasteiger partial charge is 0.392 e. The first-order chi connectivity index (χ1) is 10.1. The van der Waals surface area contributed by atoms with Crippen LogP contribution in [0.1, 0.15) is 18.1 Å². The monoisotopic (exact) mass is 290 g/mol. The zero-order chi connectivity index (χ0) is 15.4. The number of hydrogen-bond acceptors (Lipinski definition) is 5. The minimum absolute atomic E-state index is 0.0444. The van der Waals surface area contributed by atoms with Crippen LogP contribution >= 0.6 is 0 Å². The molecule has 7 nitrogen and oxygen atoms in total. The molecule has 1 aromatic heterocycles. The van der Waals surface area contributed by atoms with Crippen molar-refractivity contribution >= 4 is 11.5 Å². The Morgan fingerprint density at radius 1 is 1.33 bits per heavy atom. The van der Waals surface area contributed by atoms with Crippen molar-refractivity contribution in [1.29, 1.82) is 0 Å². The van der Waals surface area contributed by atoms with Gasteiger partial charge < -0.3 is 16.2 Å². The zero-order valence-electron chi connectivity index (χ0n) is 11.7. The van der Waals surface area contributed by atoms with E-state index in [1.54, 1.807) is 6.92 Å². The van der Waals surface area contributed by atoms with Crippen molar-refractivity contribution < 1.29 is 5.11 Å². The molecule has 7 heteroatoms. The molecule has 0 saturated carbocycles. The van der Waals surface area contributed by atoms with Crippen LogP contribution in [0.2, 0.25) is 0 Å². The van der Waals surface area contributed by atoms with Crippen molar-refractivity contribution in [3.8, 4) is 0 Å². The Bertz CT molecular complexity index is 749. The summed E-state index contributed by atoms with van der Waals surface area (Å²) in [5.41, 5.74) is 6.65. The number of hydrogen-bond donors (Lipinski definition) is 4. The Balaban J connectivity index is 2.28. The first-order valence-corrected chi connectivity index (χ1v) is 6.62. The number of nitrogens with one attached hydrogen (secondary N) is 2. The van der Waals surface area contributed by atoms with E-state index in [9.17, 15) is 9.59 Å². The summed E-state index contributed by atoms with van der Waals surface area (Å²) in [6, 6.07) is 7.32. The fourth-order valence-electron chi connectivity index (χ4n) is 2.10. The normalized spacial score (nSPS) is 10.6. The molecule has 0 atom stereocenters. The molecule has 0 aliphatic carbocycles. The van der Waals surface area contributed by atoms with E-state index in [-0.39, 0.29) is 18.1 Å². The van der Waals surface area contributed by atoms with Crippen LogP contribution in [0.3, 0.4) is 0 Å². The van der Waals surface area contributed by atoms with Crippen molar-refractivity contribution in [2.45, 2.75) is 26.6 Å². The van der Waals surface area contributed by atoms with Gasteiger partial charge in [0.25, 0.3) is 5.56 Å². The number of nitrogens with two attached hydrogens (primary N) is 1. The summed E-state index contributed by atoms with van der Waals surface area (Å²) in [5, 5.41) is 12.0. The summed E-state index contributed by atoms with van der Waals surface area (Å²) in [6.07, 6.45) is 0. The molecule has 0 fully saturated rings. The second-order valence-electron chi connectivity index (χ2n) is 4.60. The Morgan fingerprint density at radius 2 is 2.05 bits per heavy atom. The minimum atomic E-state index is -0.541. The van der Waals surface area contributed by atoms with Gasteiger partial charge in [-0.3, -0.25) is 14.3 Å². The van der Waals surface area contributed by atoms with Crippen LogP contribution in [0.15, 0.2) is 33.9 Å². The quantitative estimate of drug-likeness (QED) is 0.630. The topological polar surface area (TPSA) is 113 Å². The van der Waals surface area contributed by atoms with Gasteiger partial charge in [0.1, 0.15) is 11.5 Å². The van der Waals surface area contributed by atoms with E-state index >= 15 is 0 Å². The molecule has 21 heavy (non-hydrogen) atoms. The van der Waals surface area contributed by atoms with Crippen molar-refractivity contribution in [1.82, 2.24) is 9.55 Å². The summed E-state index contributed by atoms with van der Waals surface area (Å²) in [7, 11) is 0. The number of nitrogens with zero attached hydrogens (tertiary/aromatic N) is 1. The zero-order valence-corrected chi connectivity index (χ0v) is 11.7. The number of H-pyrrole nitrogens is 1. The molecule has 0 amide bonds. The summed E-state index contributed by atoms with van der Waals surface area (Å²) >= 11 is 0. The molecule has 0 bridgehead atoms. The molecule has 1 heterocycles. The second kappa shape index (κ2) is 6.27. The van der Waals surface area contributed by atoms with Gasteiger partial charge in [0.05, 0.1) is 6.61 Å². The molecule has 1 aromatic carbocycles. The van der Waals surface area contributed by atoms with Crippen LogP contribution in [0, 0.1) is 0 Å². The molecular formula is C14H18N4O3. The Kier molecular flexibility index (Phi) is 4.44. The molecule has 2 rings (SSSR count). The van der Waals surface area contributed by atoms with Gasteiger partial charge in [-0.2, -0.15) is 0 Å². The number of benzene rings is 1. The van der Waals surface area contributed by atoms with E-state index in [2.05, 4.69) is 10.3 Å². The highest BCUT2D eigenvalue weighted by Crippen LogP contribution is 2.12. The van der Waals surface area contributed by atoms with Gasteiger partial charge in [-0.05, 0) is 18.1 Å². The molecule has 0 spiro atoms. The van der Waals surface area contributed by atoms with Crippen LogP contribution in [0.25, 0.3) is 0 Å². The van der Waals surface area contributed by atoms with Gasteiger partial charge in [0.2, 0.25) is 0 Å². The number of aromatic amines is 1. The number of anilines is 2. The number of aliphatic hydroxyl groups excluding tert-OH is 1. The molecule has 5 N–H and O–H groups in total. The van der Waals surface area contributed by atoms with Crippen LogP contribution < -0.4 is 22.3 Å². The maximum Gasteiger partial charge on any atom is 0.330 e. The standard InChI is InChI=1S/C14H18N4O3/c1-2-18-12(15)11(13(20)17-14(18)21)16-7-9-4-3-5-10(6-9)8-19/h3-6,16,19H,2,7-8,15H2,1H3,(H,17,20,21). The van der Waals surface area contributed by atoms with Gasteiger partial charge in [-0.15, -0.1) is 0 Å². The predicted molar refractivity (Wildman–Crippen MR) is 81.1 cm³/mol. The molecule has 0 aliphatic rings. The van der Waals surface area contributed by atoms with Crippen LogP contribution in [-0.4, -0.2) is 14.7 Å². The minimum Gasteiger partial charge on any atom is -0.392 e. The fourth-order valence-corrected chi connectivity index (χ4v) is 2.10. The third kappa shape index (κ3) is 3.14. The van der Waals surface area contributed by atoms with Gasteiger partial charge in [0, 0.05) is 13.1 Å². The average Bonchev–Trinajstić information content (AvgIpc) is 2.47. The molecule has 0 saturated heterocycles. The maximum absolute atomic E-state index is 11.8. The fraction of sp³-hybridized carbons (Fsp3) is 0.286. The Labute approximate surface area is 121 Å². The van der Waals surface area contributed by atoms with E-state index in [0.717, 1.165) is 11.1 Å². The van der Waals surface area contributed by atoms with E-state index in [1.807, 2.05) is 24.3 Å². The lowest BCUT2D eigenvalue weighted by Gasteiger charge is -2.12. The third-order valence-electron chi connectivity index (χ3n) is 3.20. The smallest absolute Gasteiger partial charge is 0.330 e. The number of aliphatic hydroxyl groups is 1. The number of aromatic nitrogens is 2. The highest BCUT2D eigenvalue weighted by Gasteiger charge is 2.10. The second-order valence-corrected chi connectivity index (χ2v) is 4.60. The van der Waals surface area contributed by atoms with E-state index in [1.165, 1.54) is 4.57 Å². The molecular weight excluding hydrogens is 272 g/mol. The predicted octanol–water partition coefficient (Wildman–Crippen LogP) is 0.243. The Hall–Kier alpha value is -2.54. The first-order valence-electron chi connectivity index (χ1n) is 6.62. The van der Waals surface area contributed by atoms with E-state index in [4.69, 9.17) is 10.8 Å². The van der Waals surface area contributed by atoms with Gasteiger partial charge in [-0.25, -0.2) is 4.79 Å². The van der Waals surface area contributed by atoms with Crippen molar-refractivity contribution in [3.63, 3.8) is 0 Å². The van der Waals surface area contributed by atoms with E-state index in [0.29, 0.717) is 13.1 Å². The molecule has 112 valence electrons. The third-order valence-corrected chi connectivity index (χ3v) is 3.20. The first kappa shape index (κ1) is 14.9. The highest BCUT2D eigenvalue weighted by molar-refractivity contribution is 5.60. The number of nitrogen functional groups attached to an aromatic ring is 1. The summed E-state index contributed by atoms with van der Waals surface area (Å²) in [5.74, 6) is 0.115. The van der Waals surface area contributed by atoms with Gasteiger partial charge >= 0.3 is 5.69 Å². The summed E-state index contributed by atoms with van der Waals surface area (Å²) < 4.78 is 1.29. The van der Waals surface area contributed by atoms with Gasteiger partial charge in [-0.1, -0.05) is 24.3 Å².